The molecule has 0 aliphatic carbocycles. The highest BCUT2D eigenvalue weighted by Crippen LogP contribution is 2.43. The van der Waals surface area contributed by atoms with E-state index < -0.39 is 11.7 Å². The van der Waals surface area contributed by atoms with E-state index in [-0.39, 0.29) is 6.04 Å². The van der Waals surface area contributed by atoms with Crippen LogP contribution in [0.2, 0.25) is 0 Å². The predicted octanol–water partition coefficient (Wildman–Crippen LogP) is 3.13. The molecule has 3 N–H and O–H groups in total. The minimum Gasteiger partial charge on any atom is -0.492 e. The fourth-order valence-electron chi connectivity index (χ4n) is 4.53. The molecule has 8 heteroatoms. The quantitative estimate of drug-likeness (QED) is 0.654. The van der Waals surface area contributed by atoms with E-state index in [9.17, 15) is 15.0 Å². The van der Waals surface area contributed by atoms with Crippen molar-refractivity contribution in [3.63, 3.8) is 0 Å². The molecule has 1 amide bonds. The Kier molecular flexibility index (Phi) is 5.94. The van der Waals surface area contributed by atoms with Crippen LogP contribution in [0, 0.1) is 5.92 Å². The molecule has 2 aliphatic heterocycles. The highest BCUT2D eigenvalue weighted by atomic mass is 16.5. The second-order valence-electron chi connectivity index (χ2n) is 9.39. The molecule has 1 fully saturated rings. The van der Waals surface area contributed by atoms with Gasteiger partial charge in [0.1, 0.15) is 5.75 Å². The smallest absolute Gasteiger partial charge is 0.412 e. The summed E-state index contributed by atoms with van der Waals surface area (Å²) in [6, 6.07) is 3.74. The standard InChI is InChI=1S/C23H32N4O4/c1-15-4-5-19-20(27(15)22(28)29)7-6-18(21(19)31-13-16-8-9-24-10-16)17-11-25-26(12-17)14-23(2,3)30/h6-7,11-12,15-16,24,30H,4-5,8-10,13-14H2,1-3H3,(H,28,29)/t15-,16-/m0/s1. The fraction of sp³-hybridized carbons (Fsp3) is 0.565. The molecule has 2 aromatic rings. The zero-order valence-electron chi connectivity index (χ0n) is 18.5. The largest absolute Gasteiger partial charge is 0.492 e. The summed E-state index contributed by atoms with van der Waals surface area (Å²) in [4.78, 5) is 13.4. The molecule has 0 spiro atoms. The van der Waals surface area contributed by atoms with Crippen LogP contribution in [0.25, 0.3) is 11.1 Å². The van der Waals surface area contributed by atoms with Crippen molar-refractivity contribution in [1.82, 2.24) is 15.1 Å². The van der Waals surface area contributed by atoms with Gasteiger partial charge in [0.05, 0.1) is 30.6 Å². The van der Waals surface area contributed by atoms with E-state index in [0.717, 1.165) is 54.8 Å². The predicted molar refractivity (Wildman–Crippen MR) is 119 cm³/mol. The average Bonchev–Trinajstić information content (AvgIpc) is 3.36. The van der Waals surface area contributed by atoms with Crippen molar-refractivity contribution in [2.45, 2.75) is 58.2 Å². The van der Waals surface area contributed by atoms with Gasteiger partial charge in [-0.25, -0.2) is 4.79 Å². The van der Waals surface area contributed by atoms with E-state index >= 15 is 0 Å². The van der Waals surface area contributed by atoms with E-state index in [1.54, 1.807) is 24.7 Å². The lowest BCUT2D eigenvalue weighted by molar-refractivity contribution is 0.0577. The molecule has 1 aromatic heterocycles. The molecule has 168 valence electrons. The summed E-state index contributed by atoms with van der Waals surface area (Å²) in [7, 11) is 0. The molecule has 2 atom stereocenters. The van der Waals surface area contributed by atoms with E-state index in [1.165, 1.54) is 4.90 Å². The first-order chi connectivity index (χ1) is 14.7. The second kappa shape index (κ2) is 8.51. The number of amides is 1. The Labute approximate surface area is 182 Å². The van der Waals surface area contributed by atoms with Crippen molar-refractivity contribution in [2.24, 2.45) is 5.92 Å². The number of hydrogen-bond donors (Lipinski definition) is 3. The monoisotopic (exact) mass is 428 g/mol. The molecule has 3 heterocycles. The molecule has 0 saturated carbocycles. The summed E-state index contributed by atoms with van der Waals surface area (Å²) in [6.45, 7) is 8.35. The summed E-state index contributed by atoms with van der Waals surface area (Å²) in [5.74, 6) is 1.20. The van der Waals surface area contributed by atoms with Gasteiger partial charge in [-0.15, -0.1) is 0 Å². The normalized spacial score (nSPS) is 21.2. The number of hydrogen-bond acceptors (Lipinski definition) is 5. The third-order valence-electron chi connectivity index (χ3n) is 6.07. The molecule has 0 unspecified atom stereocenters. The van der Waals surface area contributed by atoms with Crippen molar-refractivity contribution in [2.75, 3.05) is 24.6 Å². The third-order valence-corrected chi connectivity index (χ3v) is 6.07. The topological polar surface area (TPSA) is 99.9 Å². The average molecular weight is 429 g/mol. The highest BCUT2D eigenvalue weighted by Gasteiger charge is 2.32. The maximum Gasteiger partial charge on any atom is 0.412 e. The number of aliphatic hydroxyl groups is 1. The van der Waals surface area contributed by atoms with Crippen LogP contribution in [0.3, 0.4) is 0 Å². The van der Waals surface area contributed by atoms with Gasteiger partial charge in [0.25, 0.3) is 0 Å². The molecule has 1 saturated heterocycles. The van der Waals surface area contributed by atoms with Gasteiger partial charge in [-0.3, -0.25) is 9.58 Å². The van der Waals surface area contributed by atoms with Gasteiger partial charge in [-0.05, 0) is 58.7 Å². The summed E-state index contributed by atoms with van der Waals surface area (Å²) in [6.07, 6.45) is 5.34. The number of benzene rings is 1. The number of carbonyl (C=O) groups is 1. The van der Waals surface area contributed by atoms with E-state index in [0.29, 0.717) is 24.8 Å². The maximum atomic E-state index is 11.9. The van der Waals surface area contributed by atoms with Crippen molar-refractivity contribution in [1.29, 1.82) is 0 Å². The number of fused-ring (bicyclic) bond motifs is 1. The van der Waals surface area contributed by atoms with Crippen LogP contribution < -0.4 is 15.0 Å². The lowest BCUT2D eigenvalue weighted by atomic mass is 9.92. The number of nitrogens with one attached hydrogen (secondary N) is 1. The SMILES string of the molecule is C[C@H]1CCc2c(ccc(-c3cnn(CC(C)(C)O)c3)c2OC[C@H]2CCNC2)N1C(=O)O. The minimum atomic E-state index is -0.940. The van der Waals surface area contributed by atoms with Gasteiger partial charge in [0.15, 0.2) is 0 Å². The first-order valence-corrected chi connectivity index (χ1v) is 11.0. The summed E-state index contributed by atoms with van der Waals surface area (Å²) in [5, 5.41) is 27.7. The molecule has 1 aromatic carbocycles. The van der Waals surface area contributed by atoms with Crippen molar-refractivity contribution < 1.29 is 19.7 Å². The van der Waals surface area contributed by atoms with Crippen LogP contribution in [0.4, 0.5) is 10.5 Å². The van der Waals surface area contributed by atoms with Gasteiger partial charge in [-0.2, -0.15) is 5.10 Å². The Bertz CT molecular complexity index is 944. The molecule has 4 rings (SSSR count). The minimum absolute atomic E-state index is 0.0720. The molecule has 8 nitrogen and oxygen atoms in total. The molecule has 2 aliphatic rings. The zero-order valence-corrected chi connectivity index (χ0v) is 18.5. The molecular formula is C23H32N4O4. The van der Waals surface area contributed by atoms with Crippen molar-refractivity contribution in [3.05, 3.63) is 30.1 Å². The molecule has 0 radical (unpaired) electrons. The number of rotatable bonds is 6. The Balaban J connectivity index is 1.73. The third kappa shape index (κ3) is 4.70. The van der Waals surface area contributed by atoms with Crippen LogP contribution in [-0.4, -0.2) is 57.4 Å². The Morgan fingerprint density at radius 2 is 2.16 bits per heavy atom. The van der Waals surface area contributed by atoms with Crippen LogP contribution in [0.5, 0.6) is 5.75 Å². The first-order valence-electron chi connectivity index (χ1n) is 11.0. The highest BCUT2D eigenvalue weighted by molar-refractivity contribution is 5.91. The summed E-state index contributed by atoms with van der Waals surface area (Å²) < 4.78 is 8.13. The van der Waals surface area contributed by atoms with Gasteiger partial charge < -0.3 is 20.3 Å². The van der Waals surface area contributed by atoms with Gasteiger partial charge in [-0.1, -0.05) is 0 Å². The Morgan fingerprint density at radius 3 is 2.84 bits per heavy atom. The number of aromatic nitrogens is 2. The fourth-order valence-corrected chi connectivity index (χ4v) is 4.53. The van der Waals surface area contributed by atoms with Crippen molar-refractivity contribution >= 4 is 11.8 Å². The van der Waals surface area contributed by atoms with Crippen LogP contribution in [0.15, 0.2) is 24.5 Å². The van der Waals surface area contributed by atoms with Crippen LogP contribution in [-0.2, 0) is 13.0 Å². The summed E-state index contributed by atoms with van der Waals surface area (Å²) in [5.41, 5.74) is 2.59. The lowest BCUT2D eigenvalue weighted by Gasteiger charge is -2.34. The van der Waals surface area contributed by atoms with E-state index in [4.69, 9.17) is 4.74 Å². The van der Waals surface area contributed by atoms with Gasteiger partial charge in [0, 0.05) is 41.4 Å². The van der Waals surface area contributed by atoms with E-state index in [1.807, 2.05) is 25.3 Å². The Morgan fingerprint density at radius 1 is 1.35 bits per heavy atom. The molecular weight excluding hydrogens is 396 g/mol. The molecule has 0 bridgehead atoms. The van der Waals surface area contributed by atoms with Crippen LogP contribution >= 0.6 is 0 Å². The maximum absolute atomic E-state index is 11.9. The number of ether oxygens (including phenoxy) is 1. The summed E-state index contributed by atoms with van der Waals surface area (Å²) >= 11 is 0. The molecule has 31 heavy (non-hydrogen) atoms. The first kappa shape index (κ1) is 21.6. The second-order valence-corrected chi connectivity index (χ2v) is 9.39. The number of anilines is 1. The lowest BCUT2D eigenvalue weighted by Crippen LogP contribution is -2.41. The van der Waals surface area contributed by atoms with E-state index in [2.05, 4.69) is 10.4 Å². The van der Waals surface area contributed by atoms with Gasteiger partial charge in [0.2, 0.25) is 0 Å². The number of carboxylic acid groups (broad SMARTS) is 1. The van der Waals surface area contributed by atoms with Gasteiger partial charge >= 0.3 is 6.09 Å². The Hall–Kier alpha value is -2.58. The van der Waals surface area contributed by atoms with Crippen LogP contribution in [0.1, 0.15) is 39.2 Å². The van der Waals surface area contributed by atoms with Crippen molar-refractivity contribution in [3.8, 4) is 16.9 Å². The zero-order chi connectivity index (χ0) is 22.2. The number of nitrogens with zero attached hydrogens (tertiary/aromatic N) is 3.